The van der Waals surface area contributed by atoms with E-state index in [2.05, 4.69) is 20.2 Å². The van der Waals surface area contributed by atoms with Crippen molar-refractivity contribution < 1.29 is 9.90 Å². The maximum Gasteiger partial charge on any atom is 0.358 e. The Balaban J connectivity index is 1.67. The Bertz CT molecular complexity index is 531. The maximum atomic E-state index is 10.7. The van der Waals surface area contributed by atoms with E-state index in [1.54, 1.807) is 22.2 Å². The van der Waals surface area contributed by atoms with Gasteiger partial charge in [-0.1, -0.05) is 5.21 Å². The molecule has 1 aliphatic heterocycles. The molecule has 0 atom stereocenters. The number of aromatic nitrogens is 4. The van der Waals surface area contributed by atoms with Crippen LogP contribution in [0.15, 0.2) is 17.8 Å². The molecule has 3 heterocycles. The summed E-state index contributed by atoms with van der Waals surface area (Å²) in [7, 11) is 0. The number of hydrogen-bond donors (Lipinski definition) is 1. The molecule has 8 heteroatoms. The zero-order valence-corrected chi connectivity index (χ0v) is 9.54. The van der Waals surface area contributed by atoms with Crippen LogP contribution in [0.5, 0.6) is 0 Å². The van der Waals surface area contributed by atoms with Crippen LogP contribution in [0.4, 0.5) is 5.13 Å². The SMILES string of the molecule is O=C(O)c1cn(C2CN(c3nccs3)C2)nn1. The van der Waals surface area contributed by atoms with E-state index in [0.717, 1.165) is 18.2 Å². The smallest absolute Gasteiger partial charge is 0.358 e. The van der Waals surface area contributed by atoms with Gasteiger partial charge >= 0.3 is 5.97 Å². The zero-order chi connectivity index (χ0) is 11.8. The van der Waals surface area contributed by atoms with E-state index >= 15 is 0 Å². The summed E-state index contributed by atoms with van der Waals surface area (Å²) in [6, 6.07) is 0.180. The summed E-state index contributed by atoms with van der Waals surface area (Å²) in [5.74, 6) is -1.05. The highest BCUT2D eigenvalue weighted by Crippen LogP contribution is 2.28. The van der Waals surface area contributed by atoms with Gasteiger partial charge in [0.2, 0.25) is 0 Å². The topological polar surface area (TPSA) is 84.1 Å². The largest absolute Gasteiger partial charge is 0.476 e. The highest BCUT2D eigenvalue weighted by molar-refractivity contribution is 7.13. The van der Waals surface area contributed by atoms with Crippen molar-refractivity contribution in [2.24, 2.45) is 0 Å². The molecular formula is C9H9N5O2S. The number of anilines is 1. The monoisotopic (exact) mass is 251 g/mol. The number of rotatable bonds is 3. The molecule has 0 amide bonds. The maximum absolute atomic E-state index is 10.7. The summed E-state index contributed by atoms with van der Waals surface area (Å²) in [5, 5.41) is 19.1. The molecule has 0 saturated carbocycles. The van der Waals surface area contributed by atoms with Gasteiger partial charge in [-0.2, -0.15) is 0 Å². The number of carboxylic acids is 1. The fourth-order valence-corrected chi connectivity index (χ4v) is 2.37. The number of aromatic carboxylic acids is 1. The van der Waals surface area contributed by atoms with Crippen molar-refractivity contribution >= 4 is 22.4 Å². The molecular weight excluding hydrogens is 242 g/mol. The molecule has 0 unspecified atom stereocenters. The summed E-state index contributed by atoms with van der Waals surface area (Å²) in [6.45, 7) is 1.58. The van der Waals surface area contributed by atoms with Gasteiger partial charge in [0, 0.05) is 24.7 Å². The van der Waals surface area contributed by atoms with E-state index in [4.69, 9.17) is 5.11 Å². The van der Waals surface area contributed by atoms with Crippen molar-refractivity contribution in [3.05, 3.63) is 23.5 Å². The van der Waals surface area contributed by atoms with Gasteiger partial charge in [0.05, 0.1) is 12.2 Å². The highest BCUT2D eigenvalue weighted by atomic mass is 32.1. The number of hydrogen-bond acceptors (Lipinski definition) is 6. The van der Waals surface area contributed by atoms with Crippen molar-refractivity contribution in [1.82, 2.24) is 20.0 Å². The molecule has 0 bridgehead atoms. The minimum absolute atomic E-state index is 0.0160. The van der Waals surface area contributed by atoms with Gasteiger partial charge in [-0.05, 0) is 0 Å². The fourth-order valence-electron chi connectivity index (χ4n) is 1.70. The van der Waals surface area contributed by atoms with Gasteiger partial charge in [-0.15, -0.1) is 16.4 Å². The van der Waals surface area contributed by atoms with Gasteiger partial charge in [0.15, 0.2) is 10.8 Å². The predicted octanol–water partition coefficient (Wildman–Crippen LogP) is 0.494. The first kappa shape index (κ1) is 10.2. The van der Waals surface area contributed by atoms with Gasteiger partial charge in [-0.25, -0.2) is 14.5 Å². The highest BCUT2D eigenvalue weighted by Gasteiger charge is 2.31. The molecule has 1 saturated heterocycles. The van der Waals surface area contributed by atoms with Gasteiger partial charge in [-0.3, -0.25) is 0 Å². The average molecular weight is 251 g/mol. The van der Waals surface area contributed by atoms with Gasteiger partial charge in [0.25, 0.3) is 0 Å². The van der Waals surface area contributed by atoms with Crippen molar-refractivity contribution in [3.8, 4) is 0 Å². The van der Waals surface area contributed by atoms with E-state index in [1.807, 2.05) is 5.38 Å². The Morgan fingerprint density at radius 3 is 2.94 bits per heavy atom. The molecule has 1 N–H and O–H groups in total. The average Bonchev–Trinajstić information content (AvgIpc) is 2.84. The lowest BCUT2D eigenvalue weighted by Gasteiger charge is -2.38. The standard InChI is InChI=1S/C9H9N5O2S/c15-8(16)7-5-14(12-11-7)6-3-13(4-6)9-10-1-2-17-9/h1-2,5-6H,3-4H2,(H,15,16). The molecule has 3 rings (SSSR count). The zero-order valence-electron chi connectivity index (χ0n) is 8.72. The molecule has 2 aromatic rings. The second kappa shape index (κ2) is 3.81. The quantitative estimate of drug-likeness (QED) is 0.854. The molecule has 2 aromatic heterocycles. The number of thiazole rings is 1. The molecule has 88 valence electrons. The normalized spacial score (nSPS) is 15.9. The van der Waals surface area contributed by atoms with Gasteiger partial charge < -0.3 is 10.0 Å². The third-order valence-corrected chi connectivity index (χ3v) is 3.49. The minimum atomic E-state index is -1.05. The first-order chi connectivity index (χ1) is 8.24. The Morgan fingerprint density at radius 1 is 1.53 bits per heavy atom. The fraction of sp³-hybridized carbons (Fsp3) is 0.333. The summed E-state index contributed by atoms with van der Waals surface area (Å²) in [6.07, 6.45) is 3.23. The van der Waals surface area contributed by atoms with Crippen molar-refractivity contribution in [3.63, 3.8) is 0 Å². The van der Waals surface area contributed by atoms with Crippen molar-refractivity contribution in [2.45, 2.75) is 6.04 Å². The lowest BCUT2D eigenvalue weighted by Crippen LogP contribution is -2.48. The van der Waals surface area contributed by atoms with Crippen molar-refractivity contribution in [1.29, 1.82) is 0 Å². The van der Waals surface area contributed by atoms with Crippen LogP contribution in [0, 0.1) is 0 Å². The predicted molar refractivity (Wildman–Crippen MR) is 60.3 cm³/mol. The van der Waals surface area contributed by atoms with Gasteiger partial charge in [0.1, 0.15) is 0 Å². The van der Waals surface area contributed by atoms with Crippen LogP contribution in [0.1, 0.15) is 16.5 Å². The lowest BCUT2D eigenvalue weighted by molar-refractivity contribution is 0.0690. The van der Waals surface area contributed by atoms with Crippen LogP contribution in [0.3, 0.4) is 0 Å². The minimum Gasteiger partial charge on any atom is -0.476 e. The molecule has 1 fully saturated rings. The van der Waals surface area contributed by atoms with Crippen LogP contribution in [0.2, 0.25) is 0 Å². The van der Waals surface area contributed by atoms with E-state index in [-0.39, 0.29) is 11.7 Å². The van der Waals surface area contributed by atoms with Crippen LogP contribution >= 0.6 is 11.3 Å². The third kappa shape index (κ3) is 1.76. The van der Waals surface area contributed by atoms with Crippen LogP contribution in [0.25, 0.3) is 0 Å². The van der Waals surface area contributed by atoms with E-state index in [0.29, 0.717) is 0 Å². The third-order valence-electron chi connectivity index (χ3n) is 2.66. The summed E-state index contributed by atoms with van der Waals surface area (Å²) < 4.78 is 1.60. The summed E-state index contributed by atoms with van der Waals surface area (Å²) in [5.41, 5.74) is -0.0160. The van der Waals surface area contributed by atoms with Crippen LogP contribution in [-0.2, 0) is 0 Å². The Labute approximate surface area is 100 Å². The molecule has 0 radical (unpaired) electrons. The Kier molecular flexibility index (Phi) is 2.29. The number of nitrogens with zero attached hydrogens (tertiary/aromatic N) is 5. The van der Waals surface area contributed by atoms with E-state index in [1.165, 1.54) is 6.20 Å². The molecule has 1 aliphatic rings. The Morgan fingerprint density at radius 2 is 2.35 bits per heavy atom. The summed E-state index contributed by atoms with van der Waals surface area (Å²) >= 11 is 1.59. The van der Waals surface area contributed by atoms with E-state index < -0.39 is 5.97 Å². The van der Waals surface area contributed by atoms with E-state index in [9.17, 15) is 4.79 Å². The van der Waals surface area contributed by atoms with Crippen LogP contribution < -0.4 is 4.90 Å². The number of carbonyl (C=O) groups is 1. The second-order valence-electron chi connectivity index (χ2n) is 3.76. The molecule has 0 spiro atoms. The molecule has 0 aromatic carbocycles. The Hall–Kier alpha value is -1.96. The first-order valence-corrected chi connectivity index (χ1v) is 5.91. The number of carboxylic acid groups (broad SMARTS) is 1. The second-order valence-corrected chi connectivity index (χ2v) is 4.64. The summed E-state index contributed by atoms with van der Waals surface area (Å²) in [4.78, 5) is 17.0. The molecule has 0 aliphatic carbocycles. The van der Waals surface area contributed by atoms with Crippen molar-refractivity contribution in [2.75, 3.05) is 18.0 Å². The molecule has 17 heavy (non-hydrogen) atoms. The lowest BCUT2D eigenvalue weighted by atomic mass is 10.1. The van der Waals surface area contributed by atoms with Crippen LogP contribution in [-0.4, -0.2) is 44.1 Å². The first-order valence-electron chi connectivity index (χ1n) is 5.03. The molecule has 7 nitrogen and oxygen atoms in total.